The van der Waals surface area contributed by atoms with Crippen molar-refractivity contribution in [1.29, 1.82) is 0 Å². The number of carboxylic acids is 1. The van der Waals surface area contributed by atoms with Gasteiger partial charge >= 0.3 is 5.97 Å². The summed E-state index contributed by atoms with van der Waals surface area (Å²) in [5.74, 6) is -1.19. The summed E-state index contributed by atoms with van der Waals surface area (Å²) >= 11 is 5.46. The number of aliphatic carboxylic acids is 1. The van der Waals surface area contributed by atoms with Crippen LogP contribution in [0.1, 0.15) is 16.8 Å². The standard InChI is InChI=1S/C15H21N3O4S2/c1-24-6-5-12(15(21)22)18-13(19)9-3-2-4-10(7-9)17-14(20)11(16)8-23/h2-4,7,11-12,23H,5-6,8,16H2,1H3,(H,17,20)(H,18,19)(H,21,22)/t11-,12-/m1/s1. The van der Waals surface area contributed by atoms with Crippen molar-refractivity contribution in [1.82, 2.24) is 5.32 Å². The first kappa shape index (κ1) is 20.3. The van der Waals surface area contributed by atoms with Crippen LogP contribution in [0.4, 0.5) is 5.69 Å². The molecule has 24 heavy (non-hydrogen) atoms. The Morgan fingerprint density at radius 1 is 1.38 bits per heavy atom. The van der Waals surface area contributed by atoms with E-state index in [0.29, 0.717) is 17.9 Å². The Kier molecular flexibility index (Phi) is 8.66. The Balaban J connectivity index is 2.79. The largest absolute Gasteiger partial charge is 0.480 e. The molecule has 2 amide bonds. The Morgan fingerprint density at radius 3 is 2.67 bits per heavy atom. The number of carbonyl (C=O) groups excluding carboxylic acids is 2. The molecule has 0 unspecified atom stereocenters. The average molecular weight is 371 g/mol. The number of thiol groups is 1. The van der Waals surface area contributed by atoms with Crippen LogP contribution in [0, 0.1) is 0 Å². The molecule has 1 aromatic rings. The number of carboxylic acid groups (broad SMARTS) is 1. The molecule has 1 rings (SSSR count). The van der Waals surface area contributed by atoms with Gasteiger partial charge in [-0.2, -0.15) is 24.4 Å². The molecule has 1 aromatic carbocycles. The minimum Gasteiger partial charge on any atom is -0.480 e. The summed E-state index contributed by atoms with van der Waals surface area (Å²) in [7, 11) is 0. The summed E-state index contributed by atoms with van der Waals surface area (Å²) < 4.78 is 0. The van der Waals surface area contributed by atoms with Crippen LogP contribution in [0.5, 0.6) is 0 Å². The highest BCUT2D eigenvalue weighted by molar-refractivity contribution is 7.98. The van der Waals surface area contributed by atoms with Crippen molar-refractivity contribution < 1.29 is 19.5 Å². The Bertz CT molecular complexity index is 598. The average Bonchev–Trinajstić information content (AvgIpc) is 2.57. The predicted octanol–water partition coefficient (Wildman–Crippen LogP) is 0.818. The molecular weight excluding hydrogens is 350 g/mol. The molecule has 0 saturated heterocycles. The summed E-state index contributed by atoms with van der Waals surface area (Å²) in [4.78, 5) is 35.2. The lowest BCUT2D eigenvalue weighted by molar-refractivity contribution is -0.139. The number of rotatable bonds is 9. The molecule has 2 atom stereocenters. The lowest BCUT2D eigenvalue weighted by Gasteiger charge is -2.15. The monoisotopic (exact) mass is 371 g/mol. The van der Waals surface area contributed by atoms with Crippen molar-refractivity contribution in [3.63, 3.8) is 0 Å². The summed E-state index contributed by atoms with van der Waals surface area (Å²) in [5, 5.41) is 14.2. The Hall–Kier alpha value is -1.71. The van der Waals surface area contributed by atoms with Crippen LogP contribution in [0.15, 0.2) is 24.3 Å². The molecule has 0 aliphatic heterocycles. The normalized spacial score (nSPS) is 13.0. The molecule has 7 nitrogen and oxygen atoms in total. The van der Waals surface area contributed by atoms with Crippen LogP contribution >= 0.6 is 24.4 Å². The number of hydrogen-bond donors (Lipinski definition) is 5. The van der Waals surface area contributed by atoms with Crippen molar-refractivity contribution in [3.8, 4) is 0 Å². The highest BCUT2D eigenvalue weighted by Gasteiger charge is 2.20. The predicted molar refractivity (Wildman–Crippen MR) is 98.8 cm³/mol. The van der Waals surface area contributed by atoms with Crippen molar-refractivity contribution in [2.24, 2.45) is 5.73 Å². The van der Waals surface area contributed by atoms with Gasteiger partial charge in [0.15, 0.2) is 0 Å². The molecule has 132 valence electrons. The van der Waals surface area contributed by atoms with Gasteiger partial charge < -0.3 is 21.5 Å². The molecule has 0 bridgehead atoms. The quantitative estimate of drug-likeness (QED) is 0.410. The van der Waals surface area contributed by atoms with Crippen LogP contribution in [-0.2, 0) is 9.59 Å². The fourth-order valence-electron chi connectivity index (χ4n) is 1.79. The summed E-state index contributed by atoms with van der Waals surface area (Å²) in [6, 6.07) is 4.49. The van der Waals surface area contributed by atoms with Gasteiger partial charge in [0.1, 0.15) is 6.04 Å². The lowest BCUT2D eigenvalue weighted by Crippen LogP contribution is -2.41. The van der Waals surface area contributed by atoms with E-state index >= 15 is 0 Å². The molecule has 0 radical (unpaired) electrons. The molecule has 0 aliphatic rings. The van der Waals surface area contributed by atoms with E-state index in [9.17, 15) is 14.4 Å². The van der Waals surface area contributed by atoms with Crippen LogP contribution in [0.25, 0.3) is 0 Å². The topological polar surface area (TPSA) is 122 Å². The van der Waals surface area contributed by atoms with Crippen molar-refractivity contribution >= 4 is 47.9 Å². The fourth-order valence-corrected chi connectivity index (χ4v) is 2.43. The third kappa shape index (κ3) is 6.42. The third-order valence-electron chi connectivity index (χ3n) is 3.14. The van der Waals surface area contributed by atoms with E-state index in [1.165, 1.54) is 23.9 Å². The second-order valence-corrected chi connectivity index (χ2v) is 6.36. The maximum Gasteiger partial charge on any atom is 0.326 e. The number of amides is 2. The van der Waals surface area contributed by atoms with Gasteiger partial charge in [-0.25, -0.2) is 4.79 Å². The van der Waals surface area contributed by atoms with E-state index in [0.717, 1.165) is 0 Å². The van der Waals surface area contributed by atoms with Gasteiger partial charge in [-0.3, -0.25) is 9.59 Å². The highest BCUT2D eigenvalue weighted by atomic mass is 32.2. The highest BCUT2D eigenvalue weighted by Crippen LogP contribution is 2.12. The first-order valence-electron chi connectivity index (χ1n) is 7.19. The van der Waals surface area contributed by atoms with Crippen molar-refractivity contribution in [3.05, 3.63) is 29.8 Å². The van der Waals surface area contributed by atoms with Crippen LogP contribution in [-0.4, -0.2) is 52.7 Å². The second kappa shape index (κ2) is 10.2. The molecule has 0 heterocycles. The van der Waals surface area contributed by atoms with Gasteiger partial charge in [0.05, 0.1) is 6.04 Å². The maximum atomic E-state index is 12.2. The minimum atomic E-state index is -1.08. The fraction of sp³-hybridized carbons (Fsp3) is 0.400. The van der Waals surface area contributed by atoms with E-state index in [4.69, 9.17) is 10.8 Å². The summed E-state index contributed by atoms with van der Waals surface area (Å²) in [5.41, 5.74) is 6.23. The number of hydrogen-bond acceptors (Lipinski definition) is 6. The van der Waals surface area contributed by atoms with Gasteiger partial charge in [0.25, 0.3) is 5.91 Å². The summed E-state index contributed by atoms with van der Waals surface area (Å²) in [6.07, 6.45) is 2.19. The number of benzene rings is 1. The zero-order valence-electron chi connectivity index (χ0n) is 13.2. The second-order valence-electron chi connectivity index (χ2n) is 5.00. The summed E-state index contributed by atoms with van der Waals surface area (Å²) in [6.45, 7) is 0. The van der Waals surface area contributed by atoms with E-state index in [-0.39, 0.29) is 11.3 Å². The van der Waals surface area contributed by atoms with Crippen molar-refractivity contribution in [2.45, 2.75) is 18.5 Å². The maximum absolute atomic E-state index is 12.2. The zero-order chi connectivity index (χ0) is 18.1. The number of nitrogens with one attached hydrogen (secondary N) is 2. The molecular formula is C15H21N3O4S2. The molecule has 0 aliphatic carbocycles. The van der Waals surface area contributed by atoms with Gasteiger partial charge in [0, 0.05) is 17.0 Å². The molecule has 9 heteroatoms. The SMILES string of the molecule is CSCC[C@@H](NC(=O)c1cccc(NC(=O)[C@H](N)CS)c1)C(=O)O. The molecule has 0 fully saturated rings. The molecule has 0 saturated carbocycles. The first-order chi connectivity index (χ1) is 11.4. The van der Waals surface area contributed by atoms with E-state index < -0.39 is 29.9 Å². The Morgan fingerprint density at radius 2 is 2.08 bits per heavy atom. The number of anilines is 1. The number of thioether (sulfide) groups is 1. The molecule has 0 spiro atoms. The van der Waals surface area contributed by atoms with Gasteiger partial charge in [-0.1, -0.05) is 6.07 Å². The van der Waals surface area contributed by atoms with Crippen LogP contribution < -0.4 is 16.4 Å². The van der Waals surface area contributed by atoms with Crippen LogP contribution in [0.3, 0.4) is 0 Å². The number of nitrogens with two attached hydrogens (primary N) is 1. The number of carbonyl (C=O) groups is 3. The third-order valence-corrected chi connectivity index (χ3v) is 4.18. The minimum absolute atomic E-state index is 0.196. The zero-order valence-corrected chi connectivity index (χ0v) is 14.9. The van der Waals surface area contributed by atoms with E-state index in [2.05, 4.69) is 23.3 Å². The Labute approximate surface area is 150 Å². The smallest absolute Gasteiger partial charge is 0.326 e. The molecule has 0 aromatic heterocycles. The van der Waals surface area contributed by atoms with Gasteiger partial charge in [0.2, 0.25) is 5.91 Å². The van der Waals surface area contributed by atoms with Crippen molar-refractivity contribution in [2.75, 3.05) is 23.1 Å². The van der Waals surface area contributed by atoms with Gasteiger partial charge in [-0.05, 0) is 36.6 Å². The van der Waals surface area contributed by atoms with E-state index in [1.54, 1.807) is 12.1 Å². The van der Waals surface area contributed by atoms with Crippen LogP contribution in [0.2, 0.25) is 0 Å². The van der Waals surface area contributed by atoms with Gasteiger partial charge in [-0.15, -0.1) is 0 Å². The first-order valence-corrected chi connectivity index (χ1v) is 9.21. The molecule has 5 N–H and O–H groups in total. The lowest BCUT2D eigenvalue weighted by atomic mass is 10.1. The van der Waals surface area contributed by atoms with E-state index in [1.807, 2.05) is 6.26 Å².